The molecule has 0 N–H and O–H groups in total. The van der Waals surface area contributed by atoms with Gasteiger partial charge in [0, 0.05) is 0 Å². The molecule has 17 heavy (non-hydrogen) atoms. The first-order valence-electron chi connectivity index (χ1n) is 3.98. The van der Waals surface area contributed by atoms with Gasteiger partial charge in [-0.15, -0.1) is 16.1 Å². The van der Waals surface area contributed by atoms with E-state index in [1.807, 2.05) is 0 Å². The summed E-state index contributed by atoms with van der Waals surface area (Å²) >= 11 is 0.511. The summed E-state index contributed by atoms with van der Waals surface area (Å²) in [5.41, 5.74) is 0. The minimum absolute atomic E-state index is 0.0407. The van der Waals surface area contributed by atoms with Crippen LogP contribution in [0.5, 0.6) is 0 Å². The van der Waals surface area contributed by atoms with Gasteiger partial charge >= 0.3 is 0 Å². The van der Waals surface area contributed by atoms with E-state index in [9.17, 15) is 17.6 Å². The highest BCUT2D eigenvalue weighted by Gasteiger charge is 2.26. The average Bonchev–Trinajstić information content (AvgIpc) is 2.32. The third-order valence-electron chi connectivity index (χ3n) is 1.60. The third-order valence-corrected chi connectivity index (χ3v) is 3.02. The summed E-state index contributed by atoms with van der Waals surface area (Å²) in [6.07, 6.45) is 1.29. The molecule has 0 heterocycles. The van der Waals surface area contributed by atoms with Crippen LogP contribution in [0.2, 0.25) is 0 Å². The number of benzene rings is 1. The van der Waals surface area contributed by atoms with E-state index < -0.39 is 33.1 Å². The Hall–Kier alpha value is -0.480. The Morgan fingerprint density at radius 1 is 0.882 bits per heavy atom. The van der Waals surface area contributed by atoms with Crippen LogP contribution in [0.1, 0.15) is 0 Å². The molecular weight excluding hydrogens is 284 g/mol. The van der Waals surface area contributed by atoms with Gasteiger partial charge in [-0.3, -0.25) is 0 Å². The summed E-state index contributed by atoms with van der Waals surface area (Å²) in [4.78, 5) is 2.24. The first-order valence-corrected chi connectivity index (χ1v) is 5.95. The monoisotopic (exact) mass is 290 g/mol. The van der Waals surface area contributed by atoms with E-state index in [0.29, 0.717) is 11.8 Å². The van der Waals surface area contributed by atoms with Crippen molar-refractivity contribution in [2.24, 2.45) is 0 Å². The summed E-state index contributed by atoms with van der Waals surface area (Å²) in [5, 5.41) is 3.86. The Kier molecular flexibility index (Phi) is 5.53. The van der Waals surface area contributed by atoms with Crippen LogP contribution in [-0.2, 0) is 14.3 Å². The van der Waals surface area contributed by atoms with Crippen LogP contribution < -0.4 is 0 Å². The van der Waals surface area contributed by atoms with Gasteiger partial charge in [-0.1, -0.05) is 5.04 Å². The van der Waals surface area contributed by atoms with Crippen LogP contribution >= 0.6 is 23.8 Å². The number of thioether (sulfide) groups is 1. The summed E-state index contributed by atoms with van der Waals surface area (Å²) in [6.45, 7) is 0. The van der Waals surface area contributed by atoms with Crippen LogP contribution in [-0.4, -0.2) is 13.4 Å². The van der Waals surface area contributed by atoms with E-state index in [4.69, 9.17) is 0 Å². The Labute approximate surface area is 102 Å². The quantitative estimate of drug-likeness (QED) is 0.157. The summed E-state index contributed by atoms with van der Waals surface area (Å²) < 4.78 is 57.3. The SMILES string of the molecule is COOOSc1c(F)c(F)c(SC)c(F)c1F. The first kappa shape index (κ1) is 14.6. The van der Waals surface area contributed by atoms with Crippen molar-refractivity contribution in [3.8, 4) is 0 Å². The van der Waals surface area contributed by atoms with E-state index in [1.165, 1.54) is 6.26 Å². The zero-order valence-electron chi connectivity index (χ0n) is 8.55. The van der Waals surface area contributed by atoms with Gasteiger partial charge in [-0.25, -0.2) is 22.4 Å². The van der Waals surface area contributed by atoms with Crippen LogP contribution in [0.15, 0.2) is 9.79 Å². The van der Waals surface area contributed by atoms with Gasteiger partial charge in [-0.05, 0) is 6.26 Å². The predicted octanol–water partition coefficient (Wildman–Crippen LogP) is 3.48. The van der Waals surface area contributed by atoms with Gasteiger partial charge in [0.2, 0.25) is 0 Å². The molecule has 1 rings (SSSR count). The lowest BCUT2D eigenvalue weighted by atomic mass is 10.3. The van der Waals surface area contributed by atoms with Crippen molar-refractivity contribution >= 4 is 23.8 Å². The fourth-order valence-electron chi connectivity index (χ4n) is 0.919. The van der Waals surface area contributed by atoms with Gasteiger partial charge < -0.3 is 0 Å². The molecule has 0 aliphatic rings. The zero-order valence-corrected chi connectivity index (χ0v) is 10.2. The zero-order chi connectivity index (χ0) is 13.0. The molecule has 0 bridgehead atoms. The maximum Gasteiger partial charge on any atom is 0.179 e. The molecule has 1 aromatic carbocycles. The Morgan fingerprint density at radius 3 is 1.76 bits per heavy atom. The summed E-state index contributed by atoms with van der Waals surface area (Å²) in [6, 6.07) is 0. The van der Waals surface area contributed by atoms with Gasteiger partial charge in [0.15, 0.2) is 23.3 Å². The molecule has 0 unspecified atom stereocenters. The highest BCUT2D eigenvalue weighted by atomic mass is 32.2. The second-order valence-corrected chi connectivity index (χ2v) is 4.03. The van der Waals surface area contributed by atoms with E-state index in [0.717, 1.165) is 7.11 Å². The average molecular weight is 290 g/mol. The van der Waals surface area contributed by atoms with Crippen molar-refractivity contribution in [3.05, 3.63) is 23.3 Å². The largest absolute Gasteiger partial charge is 0.209 e. The first-order chi connectivity index (χ1) is 8.04. The summed E-state index contributed by atoms with van der Waals surface area (Å²) in [5.74, 6) is -6.09. The molecule has 0 saturated carbocycles. The summed E-state index contributed by atoms with van der Waals surface area (Å²) in [7, 11) is 1.07. The van der Waals surface area contributed by atoms with Gasteiger partial charge in [0.25, 0.3) is 0 Å². The molecule has 0 saturated heterocycles. The van der Waals surface area contributed by atoms with E-state index in [-0.39, 0.29) is 12.0 Å². The molecule has 0 fully saturated rings. The molecule has 96 valence electrons. The lowest BCUT2D eigenvalue weighted by Crippen LogP contribution is -2.02. The molecule has 0 aromatic heterocycles. The molecule has 9 heteroatoms. The van der Waals surface area contributed by atoms with E-state index in [1.54, 1.807) is 0 Å². The minimum Gasteiger partial charge on any atom is -0.209 e. The maximum atomic E-state index is 13.3. The van der Waals surface area contributed by atoms with Crippen LogP contribution in [0.25, 0.3) is 0 Å². The van der Waals surface area contributed by atoms with Crippen LogP contribution in [0.3, 0.4) is 0 Å². The standard InChI is InChI=1S/C8H6F4O3S2/c1-13-14-15-17-8-5(11)3(9)7(16-2)4(10)6(8)12/h1-2H3. The number of rotatable bonds is 5. The molecule has 0 spiro atoms. The lowest BCUT2D eigenvalue weighted by Gasteiger charge is -2.08. The maximum absolute atomic E-state index is 13.3. The Morgan fingerprint density at radius 2 is 1.35 bits per heavy atom. The number of hydrogen-bond acceptors (Lipinski definition) is 5. The molecule has 0 amide bonds. The topological polar surface area (TPSA) is 27.7 Å². The van der Waals surface area contributed by atoms with Gasteiger partial charge in [0.05, 0.1) is 24.0 Å². The molecule has 0 radical (unpaired) electrons. The lowest BCUT2D eigenvalue weighted by molar-refractivity contribution is -0.447. The van der Waals surface area contributed by atoms with Gasteiger partial charge in [0.1, 0.15) is 4.90 Å². The fraction of sp³-hybridized carbons (Fsp3) is 0.250. The normalized spacial score (nSPS) is 10.9. The second-order valence-electron chi connectivity index (χ2n) is 2.50. The van der Waals surface area contributed by atoms with E-state index in [2.05, 4.69) is 14.3 Å². The molecular formula is C8H6F4O3S2. The van der Waals surface area contributed by atoms with Crippen molar-refractivity contribution in [1.82, 2.24) is 0 Å². The number of hydrogen-bond donors (Lipinski definition) is 0. The van der Waals surface area contributed by atoms with Crippen molar-refractivity contribution in [2.45, 2.75) is 9.79 Å². The van der Waals surface area contributed by atoms with Gasteiger partial charge in [-0.2, -0.15) is 0 Å². The van der Waals surface area contributed by atoms with Crippen molar-refractivity contribution in [3.63, 3.8) is 0 Å². The molecule has 0 aliphatic carbocycles. The van der Waals surface area contributed by atoms with Crippen molar-refractivity contribution < 1.29 is 31.8 Å². The Bertz CT molecular complexity index is 387. The smallest absolute Gasteiger partial charge is 0.179 e. The van der Waals surface area contributed by atoms with Crippen LogP contribution in [0, 0.1) is 23.3 Å². The molecule has 0 aliphatic heterocycles. The highest BCUT2D eigenvalue weighted by Crippen LogP contribution is 2.35. The predicted molar refractivity (Wildman–Crippen MR) is 53.1 cm³/mol. The van der Waals surface area contributed by atoms with E-state index >= 15 is 0 Å². The second kappa shape index (κ2) is 6.45. The Balaban J connectivity index is 3.13. The molecule has 1 aromatic rings. The minimum atomic E-state index is -1.56. The van der Waals surface area contributed by atoms with Crippen molar-refractivity contribution in [2.75, 3.05) is 13.4 Å². The number of halogens is 4. The highest BCUT2D eigenvalue weighted by molar-refractivity contribution is 7.98. The third kappa shape index (κ3) is 3.05. The molecule has 3 nitrogen and oxygen atoms in total. The fourth-order valence-corrected chi connectivity index (χ4v) is 1.93. The van der Waals surface area contributed by atoms with Crippen LogP contribution in [0.4, 0.5) is 17.6 Å². The molecule has 0 atom stereocenters. The van der Waals surface area contributed by atoms with Crippen molar-refractivity contribution in [1.29, 1.82) is 0 Å².